The molecule has 0 radical (unpaired) electrons. The number of alkyl halides is 6. The maximum Gasteiger partial charge on any atom is 0.417 e. The van der Waals surface area contributed by atoms with Crippen LogP contribution in [0.3, 0.4) is 0 Å². The number of oxazole rings is 1. The van der Waals surface area contributed by atoms with Crippen molar-refractivity contribution in [1.29, 1.82) is 0 Å². The fourth-order valence-corrected chi connectivity index (χ4v) is 1.63. The number of hydrogen-bond acceptors (Lipinski definition) is 2. The van der Waals surface area contributed by atoms with Crippen LogP contribution in [-0.2, 0) is 12.4 Å². The third kappa shape index (κ3) is 2.56. The van der Waals surface area contributed by atoms with Gasteiger partial charge in [0.2, 0.25) is 5.89 Å². The molecule has 0 atom stereocenters. The van der Waals surface area contributed by atoms with Gasteiger partial charge in [-0.3, -0.25) is 0 Å². The van der Waals surface area contributed by atoms with E-state index >= 15 is 0 Å². The number of aromatic nitrogens is 1. The van der Waals surface area contributed by atoms with Crippen LogP contribution in [0.15, 0.2) is 35.1 Å². The van der Waals surface area contributed by atoms with Crippen molar-refractivity contribution in [2.75, 3.05) is 0 Å². The maximum absolute atomic E-state index is 12.9. The van der Waals surface area contributed by atoms with Crippen LogP contribution >= 0.6 is 0 Å². The van der Waals surface area contributed by atoms with E-state index < -0.39 is 34.9 Å². The lowest BCUT2D eigenvalue weighted by molar-refractivity contribution is -0.161. The lowest BCUT2D eigenvalue weighted by Gasteiger charge is -2.17. The summed E-state index contributed by atoms with van der Waals surface area (Å²) in [7, 11) is 0. The standard InChI is InChI=1S/C11H5F6NO/c12-10(13,14)7-3-1-2-6(8(7)11(15,16)17)9-18-4-5-19-9/h1-5H. The Balaban J connectivity index is 2.76. The Morgan fingerprint density at radius 3 is 2.11 bits per heavy atom. The fraction of sp³-hybridized carbons (Fsp3) is 0.182. The van der Waals surface area contributed by atoms with Crippen LogP contribution in [0, 0.1) is 0 Å². The number of halogens is 6. The molecule has 0 unspecified atom stereocenters. The van der Waals surface area contributed by atoms with Crippen molar-refractivity contribution < 1.29 is 30.8 Å². The van der Waals surface area contributed by atoms with Crippen LogP contribution in [0.5, 0.6) is 0 Å². The average Bonchev–Trinajstić information content (AvgIpc) is 2.79. The molecule has 0 saturated carbocycles. The first-order valence-electron chi connectivity index (χ1n) is 4.88. The predicted molar refractivity (Wildman–Crippen MR) is 51.9 cm³/mol. The minimum Gasteiger partial charge on any atom is -0.445 e. The molecule has 2 aromatic rings. The van der Waals surface area contributed by atoms with Gasteiger partial charge in [-0.05, 0) is 12.1 Å². The summed E-state index contributed by atoms with van der Waals surface area (Å²) in [6, 6.07) is 2.12. The molecule has 0 amide bonds. The second-order valence-corrected chi connectivity index (χ2v) is 3.56. The summed E-state index contributed by atoms with van der Waals surface area (Å²) in [4.78, 5) is 3.45. The molecular formula is C11H5F6NO. The Hall–Kier alpha value is -1.99. The first-order valence-corrected chi connectivity index (χ1v) is 4.88. The molecular weight excluding hydrogens is 276 g/mol. The quantitative estimate of drug-likeness (QED) is 0.725. The van der Waals surface area contributed by atoms with Gasteiger partial charge < -0.3 is 4.42 Å². The Kier molecular flexibility index (Phi) is 3.03. The van der Waals surface area contributed by atoms with Crippen molar-refractivity contribution in [2.45, 2.75) is 12.4 Å². The largest absolute Gasteiger partial charge is 0.445 e. The van der Waals surface area contributed by atoms with Gasteiger partial charge in [0.15, 0.2) is 0 Å². The van der Waals surface area contributed by atoms with Crippen molar-refractivity contribution >= 4 is 0 Å². The van der Waals surface area contributed by atoms with Gasteiger partial charge in [0.05, 0.1) is 17.3 Å². The zero-order chi connectivity index (χ0) is 14.3. The summed E-state index contributed by atoms with van der Waals surface area (Å²) in [5.74, 6) is -0.515. The summed E-state index contributed by atoms with van der Waals surface area (Å²) >= 11 is 0. The van der Waals surface area contributed by atoms with E-state index in [1.54, 1.807) is 0 Å². The summed E-state index contributed by atoms with van der Waals surface area (Å²) < 4.78 is 81.2. The normalized spacial score (nSPS) is 12.7. The average molecular weight is 281 g/mol. The lowest BCUT2D eigenvalue weighted by atomic mass is 10.00. The molecule has 2 nitrogen and oxygen atoms in total. The smallest absolute Gasteiger partial charge is 0.417 e. The zero-order valence-corrected chi connectivity index (χ0v) is 9.01. The first kappa shape index (κ1) is 13.4. The molecule has 0 aliphatic rings. The molecule has 0 aliphatic heterocycles. The Morgan fingerprint density at radius 2 is 1.63 bits per heavy atom. The second-order valence-electron chi connectivity index (χ2n) is 3.56. The highest BCUT2D eigenvalue weighted by molar-refractivity contribution is 5.62. The number of rotatable bonds is 1. The number of benzene rings is 1. The monoisotopic (exact) mass is 281 g/mol. The minimum atomic E-state index is -5.17. The lowest BCUT2D eigenvalue weighted by Crippen LogP contribution is -2.17. The van der Waals surface area contributed by atoms with E-state index in [1.807, 2.05) is 0 Å². The van der Waals surface area contributed by atoms with Gasteiger partial charge in [0.1, 0.15) is 6.26 Å². The zero-order valence-electron chi connectivity index (χ0n) is 9.01. The van der Waals surface area contributed by atoms with Crippen LogP contribution in [0.4, 0.5) is 26.3 Å². The molecule has 0 saturated heterocycles. The van der Waals surface area contributed by atoms with E-state index in [-0.39, 0.29) is 0 Å². The predicted octanol–water partition coefficient (Wildman–Crippen LogP) is 4.38. The van der Waals surface area contributed by atoms with Gasteiger partial charge in [-0.25, -0.2) is 4.98 Å². The van der Waals surface area contributed by atoms with E-state index in [2.05, 4.69) is 9.40 Å². The van der Waals surface area contributed by atoms with Crippen molar-refractivity contribution in [1.82, 2.24) is 4.98 Å². The van der Waals surface area contributed by atoms with Crippen LogP contribution in [-0.4, -0.2) is 4.98 Å². The third-order valence-corrected chi connectivity index (χ3v) is 2.32. The van der Waals surface area contributed by atoms with E-state index in [1.165, 1.54) is 0 Å². The first-order chi connectivity index (χ1) is 8.71. The summed E-state index contributed by atoms with van der Waals surface area (Å²) in [5, 5.41) is 0. The van der Waals surface area contributed by atoms with E-state index in [0.717, 1.165) is 24.6 Å². The molecule has 1 aromatic carbocycles. The van der Waals surface area contributed by atoms with Gasteiger partial charge in [-0.1, -0.05) is 6.07 Å². The van der Waals surface area contributed by atoms with E-state index in [0.29, 0.717) is 6.07 Å². The highest BCUT2D eigenvalue weighted by Gasteiger charge is 2.45. The molecule has 8 heteroatoms. The van der Waals surface area contributed by atoms with Crippen LogP contribution in [0.1, 0.15) is 11.1 Å². The molecule has 0 bridgehead atoms. The SMILES string of the molecule is FC(F)(F)c1cccc(-c2ncco2)c1C(F)(F)F. The molecule has 0 spiro atoms. The third-order valence-electron chi connectivity index (χ3n) is 2.32. The Morgan fingerprint density at radius 1 is 0.947 bits per heavy atom. The molecule has 0 N–H and O–H groups in total. The molecule has 0 fully saturated rings. The van der Waals surface area contributed by atoms with Crippen LogP contribution in [0.25, 0.3) is 11.5 Å². The van der Waals surface area contributed by atoms with Crippen LogP contribution < -0.4 is 0 Å². The van der Waals surface area contributed by atoms with E-state index in [4.69, 9.17) is 0 Å². The molecule has 102 valence electrons. The van der Waals surface area contributed by atoms with Gasteiger partial charge in [-0.2, -0.15) is 26.3 Å². The number of hydrogen-bond donors (Lipinski definition) is 0. The van der Waals surface area contributed by atoms with Gasteiger partial charge in [-0.15, -0.1) is 0 Å². The second kappa shape index (κ2) is 4.29. The highest BCUT2D eigenvalue weighted by Crippen LogP contribution is 2.44. The van der Waals surface area contributed by atoms with Crippen molar-refractivity contribution in [3.63, 3.8) is 0 Å². The van der Waals surface area contributed by atoms with Crippen molar-refractivity contribution in [2.24, 2.45) is 0 Å². The van der Waals surface area contributed by atoms with Crippen molar-refractivity contribution in [3.05, 3.63) is 41.8 Å². The van der Waals surface area contributed by atoms with Crippen molar-refractivity contribution in [3.8, 4) is 11.5 Å². The van der Waals surface area contributed by atoms with E-state index in [9.17, 15) is 26.3 Å². The molecule has 19 heavy (non-hydrogen) atoms. The maximum atomic E-state index is 12.9. The Bertz CT molecular complexity index is 570. The molecule has 1 aromatic heterocycles. The molecule has 0 aliphatic carbocycles. The van der Waals surface area contributed by atoms with Crippen LogP contribution in [0.2, 0.25) is 0 Å². The minimum absolute atomic E-state index is 0.370. The van der Waals surface area contributed by atoms with Gasteiger partial charge in [0, 0.05) is 5.56 Å². The fourth-order valence-electron chi connectivity index (χ4n) is 1.63. The highest BCUT2D eigenvalue weighted by atomic mass is 19.4. The molecule has 2 rings (SSSR count). The topological polar surface area (TPSA) is 26.0 Å². The summed E-state index contributed by atoms with van der Waals surface area (Å²) in [6.07, 6.45) is -8.26. The summed E-state index contributed by atoms with van der Waals surface area (Å²) in [5.41, 5.74) is -4.31. The Labute approximate surface area is 102 Å². The van der Waals surface area contributed by atoms with Gasteiger partial charge >= 0.3 is 12.4 Å². The summed E-state index contributed by atoms with van der Waals surface area (Å²) in [6.45, 7) is 0. The number of nitrogens with zero attached hydrogens (tertiary/aromatic N) is 1. The molecule has 1 heterocycles. The van der Waals surface area contributed by atoms with Gasteiger partial charge in [0.25, 0.3) is 0 Å².